The second-order valence-electron chi connectivity index (χ2n) is 6.65. The van der Waals surface area contributed by atoms with Gasteiger partial charge in [0, 0.05) is 24.7 Å². The number of benzene rings is 1. The van der Waals surface area contributed by atoms with Crippen LogP contribution < -0.4 is 20.9 Å². The van der Waals surface area contributed by atoms with Gasteiger partial charge in [-0.1, -0.05) is 0 Å². The number of nitrogens with zero attached hydrogens (tertiary/aromatic N) is 5. The fourth-order valence-electron chi connectivity index (χ4n) is 2.88. The van der Waals surface area contributed by atoms with E-state index >= 15 is 0 Å². The largest absolute Gasteiger partial charge is 0.483 e. The summed E-state index contributed by atoms with van der Waals surface area (Å²) in [5.41, 5.74) is 4.04. The van der Waals surface area contributed by atoms with Gasteiger partial charge in [-0.15, -0.1) is 20.4 Å². The fraction of sp³-hybridized carbons (Fsp3) is 0.333. The molecule has 3 N–H and O–H groups in total. The third kappa shape index (κ3) is 5.15. The van der Waals surface area contributed by atoms with Gasteiger partial charge in [-0.05, 0) is 24.3 Å². The maximum atomic E-state index is 12.9. The van der Waals surface area contributed by atoms with Crippen LogP contribution in [0.25, 0.3) is 10.9 Å². The average molecular weight is 450 g/mol. The van der Waals surface area contributed by atoms with Gasteiger partial charge in [-0.3, -0.25) is 20.6 Å². The predicted molar refractivity (Wildman–Crippen MR) is 103 cm³/mol. The maximum absolute atomic E-state index is 12.9. The van der Waals surface area contributed by atoms with Gasteiger partial charge in [0.15, 0.2) is 6.61 Å². The van der Waals surface area contributed by atoms with Crippen LogP contribution in [0.4, 0.5) is 19.1 Å². The number of nitrogens with one attached hydrogen (secondary N) is 3. The molecule has 14 heteroatoms. The molecule has 1 aliphatic rings. The quantitative estimate of drug-likeness (QED) is 0.467. The molecule has 1 fully saturated rings. The number of hydrogen-bond acceptors (Lipinski definition) is 10. The second kappa shape index (κ2) is 9.23. The third-order valence-corrected chi connectivity index (χ3v) is 4.41. The highest BCUT2D eigenvalue weighted by Gasteiger charge is 2.30. The van der Waals surface area contributed by atoms with Crippen molar-refractivity contribution in [2.24, 2.45) is 0 Å². The van der Waals surface area contributed by atoms with Crippen LogP contribution in [0.15, 0.2) is 30.5 Å². The number of hydrogen-bond donors (Lipinski definition) is 3. The minimum atomic E-state index is -4.48. The lowest BCUT2D eigenvalue weighted by atomic mass is 10.1. The number of alkyl halides is 3. The van der Waals surface area contributed by atoms with Crippen molar-refractivity contribution in [1.29, 1.82) is 0 Å². The first-order chi connectivity index (χ1) is 15.4. The van der Waals surface area contributed by atoms with E-state index in [9.17, 15) is 18.0 Å². The van der Waals surface area contributed by atoms with E-state index in [-0.39, 0.29) is 23.3 Å². The standard InChI is InChI=1S/C18H17F3N8O3/c19-18(20,21)10-1-2-11-12(7-10)23-4-3-13(11)32-9-15(30)24-27-17-28-25-16(26-29-17)14-8-22-5-6-31-14/h1-4,7,14,22H,5-6,8-9H2,(H,24,30)(H,27,28,29). The molecule has 1 saturated heterocycles. The number of anilines is 1. The van der Waals surface area contributed by atoms with Gasteiger partial charge < -0.3 is 14.8 Å². The van der Waals surface area contributed by atoms with E-state index in [0.29, 0.717) is 24.4 Å². The molecule has 168 valence electrons. The van der Waals surface area contributed by atoms with E-state index in [1.54, 1.807) is 0 Å². The summed E-state index contributed by atoms with van der Waals surface area (Å²) in [6.07, 6.45) is -3.53. The zero-order valence-corrected chi connectivity index (χ0v) is 16.4. The van der Waals surface area contributed by atoms with Crippen LogP contribution in [-0.4, -0.2) is 57.6 Å². The number of rotatable bonds is 6. The van der Waals surface area contributed by atoms with Crippen LogP contribution in [0.2, 0.25) is 0 Å². The Bertz CT molecular complexity index is 1090. The molecule has 0 radical (unpaired) electrons. The first kappa shape index (κ1) is 21.6. The summed E-state index contributed by atoms with van der Waals surface area (Å²) in [4.78, 5) is 16.0. The summed E-state index contributed by atoms with van der Waals surface area (Å²) in [5, 5.41) is 18.9. The third-order valence-electron chi connectivity index (χ3n) is 4.41. The SMILES string of the molecule is O=C(COc1ccnc2cc(C(F)(F)F)ccc12)NNc1nnc(C2CNCCO2)nn1. The number of fused-ring (bicyclic) bond motifs is 1. The number of morpholine rings is 1. The van der Waals surface area contributed by atoms with Gasteiger partial charge in [-0.2, -0.15) is 13.2 Å². The summed E-state index contributed by atoms with van der Waals surface area (Å²) in [5.74, 6) is -0.103. The Hall–Kier alpha value is -3.65. The molecule has 1 aromatic carbocycles. The van der Waals surface area contributed by atoms with Gasteiger partial charge in [0.1, 0.15) is 11.9 Å². The van der Waals surface area contributed by atoms with Crippen LogP contribution in [0, 0.1) is 0 Å². The number of ether oxygens (including phenoxy) is 2. The monoisotopic (exact) mass is 450 g/mol. The lowest BCUT2D eigenvalue weighted by molar-refractivity contribution is -0.137. The molecular weight excluding hydrogens is 433 g/mol. The normalized spacial score (nSPS) is 16.5. The van der Waals surface area contributed by atoms with E-state index in [1.807, 2.05) is 0 Å². The van der Waals surface area contributed by atoms with Crippen LogP contribution in [-0.2, 0) is 15.7 Å². The van der Waals surface area contributed by atoms with E-state index in [2.05, 4.69) is 41.5 Å². The van der Waals surface area contributed by atoms with Crippen molar-refractivity contribution in [3.05, 3.63) is 41.9 Å². The molecule has 1 unspecified atom stereocenters. The van der Waals surface area contributed by atoms with Crippen molar-refractivity contribution in [3.8, 4) is 5.75 Å². The molecule has 0 aliphatic carbocycles. The second-order valence-corrected chi connectivity index (χ2v) is 6.65. The molecule has 0 spiro atoms. The molecular formula is C18H17F3N8O3. The van der Waals surface area contributed by atoms with Gasteiger partial charge in [0.05, 0.1) is 17.7 Å². The van der Waals surface area contributed by atoms with Crippen molar-refractivity contribution >= 4 is 22.8 Å². The summed E-state index contributed by atoms with van der Waals surface area (Å²) in [6.45, 7) is 1.40. The minimum Gasteiger partial charge on any atom is -0.483 e. The Kier molecular flexibility index (Phi) is 6.23. The molecule has 1 atom stereocenters. The van der Waals surface area contributed by atoms with Crippen molar-refractivity contribution in [2.45, 2.75) is 12.3 Å². The van der Waals surface area contributed by atoms with Gasteiger partial charge in [0.25, 0.3) is 11.9 Å². The molecule has 1 amide bonds. The van der Waals surface area contributed by atoms with Crippen LogP contribution >= 0.6 is 0 Å². The molecule has 3 heterocycles. The molecule has 3 aromatic rings. The van der Waals surface area contributed by atoms with Crippen LogP contribution in [0.5, 0.6) is 5.75 Å². The summed E-state index contributed by atoms with van der Waals surface area (Å²) >= 11 is 0. The lowest BCUT2D eigenvalue weighted by Gasteiger charge is -2.21. The highest BCUT2D eigenvalue weighted by molar-refractivity contribution is 5.86. The van der Waals surface area contributed by atoms with Crippen LogP contribution in [0.1, 0.15) is 17.5 Å². The minimum absolute atomic E-state index is 0.0418. The average Bonchev–Trinajstić information content (AvgIpc) is 2.81. The number of hydrazine groups is 1. The van der Waals surface area contributed by atoms with Gasteiger partial charge >= 0.3 is 6.18 Å². The highest BCUT2D eigenvalue weighted by atomic mass is 19.4. The number of amides is 1. The molecule has 32 heavy (non-hydrogen) atoms. The smallest absolute Gasteiger partial charge is 0.416 e. The van der Waals surface area contributed by atoms with E-state index in [4.69, 9.17) is 9.47 Å². The summed E-state index contributed by atoms with van der Waals surface area (Å²) in [7, 11) is 0. The predicted octanol–water partition coefficient (Wildman–Crippen LogP) is 1.02. The topological polar surface area (TPSA) is 136 Å². The number of aromatic nitrogens is 5. The number of pyridine rings is 1. The zero-order chi connectivity index (χ0) is 22.6. The first-order valence-corrected chi connectivity index (χ1v) is 9.43. The van der Waals surface area contributed by atoms with Crippen molar-refractivity contribution in [2.75, 3.05) is 31.7 Å². The highest BCUT2D eigenvalue weighted by Crippen LogP contribution is 2.33. The molecule has 1 aliphatic heterocycles. The van der Waals surface area contributed by atoms with Crippen molar-refractivity contribution < 1.29 is 27.4 Å². The van der Waals surface area contributed by atoms with E-state index in [1.165, 1.54) is 18.3 Å². The summed E-state index contributed by atoms with van der Waals surface area (Å²) in [6, 6.07) is 4.54. The fourth-order valence-corrected chi connectivity index (χ4v) is 2.88. The molecule has 2 aromatic heterocycles. The Morgan fingerprint density at radius 1 is 1.22 bits per heavy atom. The summed E-state index contributed by atoms with van der Waals surface area (Å²) < 4.78 is 49.5. The Morgan fingerprint density at radius 2 is 2.03 bits per heavy atom. The first-order valence-electron chi connectivity index (χ1n) is 9.43. The number of carbonyl (C=O) groups excluding carboxylic acids is 1. The van der Waals surface area contributed by atoms with Crippen LogP contribution in [0.3, 0.4) is 0 Å². The maximum Gasteiger partial charge on any atom is 0.416 e. The van der Waals surface area contributed by atoms with Gasteiger partial charge in [-0.25, -0.2) is 0 Å². The van der Waals surface area contributed by atoms with Crippen molar-refractivity contribution in [1.82, 2.24) is 36.1 Å². The number of halogens is 3. The zero-order valence-electron chi connectivity index (χ0n) is 16.4. The Labute approximate surface area is 178 Å². The Balaban J connectivity index is 1.31. The Morgan fingerprint density at radius 3 is 2.75 bits per heavy atom. The molecule has 0 bridgehead atoms. The number of carbonyl (C=O) groups is 1. The molecule has 11 nitrogen and oxygen atoms in total. The molecule has 0 saturated carbocycles. The van der Waals surface area contributed by atoms with E-state index < -0.39 is 24.3 Å². The van der Waals surface area contributed by atoms with E-state index in [0.717, 1.165) is 18.7 Å². The van der Waals surface area contributed by atoms with Crippen molar-refractivity contribution in [3.63, 3.8) is 0 Å². The lowest BCUT2D eigenvalue weighted by Crippen LogP contribution is -2.36. The molecule has 4 rings (SSSR count). The van der Waals surface area contributed by atoms with Gasteiger partial charge in [0.2, 0.25) is 5.82 Å².